The fraction of sp³-hybridized carbons (Fsp3) is 0.636. The molecule has 1 amide bonds. The number of ether oxygens (including phenoxy) is 2. The van der Waals surface area contributed by atoms with Gasteiger partial charge in [0.25, 0.3) is 0 Å². The lowest BCUT2D eigenvalue weighted by atomic mass is 10.1. The Morgan fingerprint density at radius 1 is 1.27 bits per heavy atom. The van der Waals surface area contributed by atoms with Gasteiger partial charge in [-0.05, 0) is 18.6 Å². The number of guanidine groups is 1. The molecule has 1 atom stereocenters. The molecule has 2 fully saturated rings. The van der Waals surface area contributed by atoms with Gasteiger partial charge in [0, 0.05) is 71.8 Å². The summed E-state index contributed by atoms with van der Waals surface area (Å²) in [7, 11) is 1.78. The van der Waals surface area contributed by atoms with Crippen molar-refractivity contribution in [2.75, 3.05) is 59.5 Å². The van der Waals surface area contributed by atoms with Crippen LogP contribution < -0.4 is 15.4 Å². The van der Waals surface area contributed by atoms with Crippen LogP contribution in [0.15, 0.2) is 23.2 Å². The number of amides is 1. The minimum Gasteiger partial charge on any atom is -0.488 e. The molecule has 8 nitrogen and oxygen atoms in total. The molecule has 30 heavy (non-hydrogen) atoms. The second-order valence-electron chi connectivity index (χ2n) is 7.91. The molecule has 0 spiro atoms. The molecule has 0 aliphatic carbocycles. The number of nitrogens with zero attached hydrogens (tertiary/aromatic N) is 3. The molecular formula is C22H35N5O3. The number of carbonyl (C=O) groups is 1. The predicted octanol–water partition coefficient (Wildman–Crippen LogP) is 0.992. The quantitative estimate of drug-likeness (QED) is 0.509. The van der Waals surface area contributed by atoms with Crippen LogP contribution in [-0.4, -0.2) is 87.3 Å². The first-order valence-corrected chi connectivity index (χ1v) is 10.8. The van der Waals surface area contributed by atoms with Crippen molar-refractivity contribution in [3.05, 3.63) is 29.3 Å². The topological polar surface area (TPSA) is 78.4 Å². The molecule has 2 aliphatic heterocycles. The molecule has 2 heterocycles. The van der Waals surface area contributed by atoms with Crippen molar-refractivity contribution in [3.8, 4) is 5.75 Å². The minimum absolute atomic E-state index is 0.131. The highest BCUT2D eigenvalue weighted by molar-refractivity contribution is 5.79. The number of aryl methyl sites for hydroxylation is 1. The van der Waals surface area contributed by atoms with E-state index in [4.69, 9.17) is 9.47 Å². The van der Waals surface area contributed by atoms with Gasteiger partial charge in [-0.3, -0.25) is 14.7 Å². The third kappa shape index (κ3) is 6.60. The van der Waals surface area contributed by atoms with Gasteiger partial charge in [-0.2, -0.15) is 0 Å². The standard InChI is InChI=1S/C22H35N5O3/c1-17-4-5-19(21(14-17)30-20-6-13-29-16-20)15-25-22(23-3)24-7-8-26-9-11-27(12-10-26)18(2)28/h4-5,14,20H,6-13,15-16H2,1-3H3,(H2,23,24,25). The molecule has 2 N–H and O–H groups in total. The van der Waals surface area contributed by atoms with Gasteiger partial charge in [0.05, 0.1) is 13.2 Å². The number of piperazine rings is 1. The summed E-state index contributed by atoms with van der Waals surface area (Å²) in [5.41, 5.74) is 2.29. The van der Waals surface area contributed by atoms with Crippen molar-refractivity contribution in [2.24, 2.45) is 4.99 Å². The first-order chi connectivity index (χ1) is 14.5. The number of benzene rings is 1. The Morgan fingerprint density at radius 2 is 2.07 bits per heavy atom. The maximum absolute atomic E-state index is 11.4. The Hall–Kier alpha value is -2.32. The second kappa shape index (κ2) is 11.2. The van der Waals surface area contributed by atoms with Gasteiger partial charge < -0.3 is 25.0 Å². The van der Waals surface area contributed by atoms with E-state index in [2.05, 4.69) is 45.6 Å². The van der Waals surface area contributed by atoms with Gasteiger partial charge >= 0.3 is 0 Å². The molecular weight excluding hydrogens is 382 g/mol. The lowest BCUT2D eigenvalue weighted by Crippen LogP contribution is -2.50. The summed E-state index contributed by atoms with van der Waals surface area (Å²) in [6.45, 7) is 11.0. The first kappa shape index (κ1) is 22.4. The van der Waals surface area contributed by atoms with Crippen molar-refractivity contribution in [1.29, 1.82) is 0 Å². The Kier molecular flexibility index (Phi) is 8.33. The van der Waals surface area contributed by atoms with Gasteiger partial charge in [-0.25, -0.2) is 0 Å². The number of aliphatic imine (C=N–C) groups is 1. The van der Waals surface area contributed by atoms with Gasteiger partial charge in [0.1, 0.15) is 11.9 Å². The largest absolute Gasteiger partial charge is 0.488 e. The SMILES string of the molecule is CN=C(NCCN1CCN(C(C)=O)CC1)NCc1ccc(C)cc1OC1CCOC1. The van der Waals surface area contributed by atoms with Crippen molar-refractivity contribution in [1.82, 2.24) is 20.4 Å². The molecule has 1 unspecified atom stereocenters. The highest BCUT2D eigenvalue weighted by Crippen LogP contribution is 2.23. The Labute approximate surface area is 179 Å². The predicted molar refractivity (Wildman–Crippen MR) is 118 cm³/mol. The molecule has 3 rings (SSSR count). The lowest BCUT2D eigenvalue weighted by Gasteiger charge is -2.34. The van der Waals surface area contributed by atoms with E-state index >= 15 is 0 Å². The van der Waals surface area contributed by atoms with E-state index in [0.717, 1.165) is 69.6 Å². The number of rotatable bonds is 7. The van der Waals surface area contributed by atoms with Crippen LogP contribution >= 0.6 is 0 Å². The van der Waals surface area contributed by atoms with E-state index in [-0.39, 0.29) is 12.0 Å². The molecule has 2 saturated heterocycles. The highest BCUT2D eigenvalue weighted by atomic mass is 16.5. The van der Waals surface area contributed by atoms with Crippen LogP contribution in [0.3, 0.4) is 0 Å². The summed E-state index contributed by atoms with van der Waals surface area (Å²) < 4.78 is 11.6. The summed E-state index contributed by atoms with van der Waals surface area (Å²) in [5, 5.41) is 6.77. The molecule has 2 aliphatic rings. The van der Waals surface area contributed by atoms with Crippen LogP contribution in [-0.2, 0) is 16.1 Å². The third-order valence-electron chi connectivity index (χ3n) is 5.61. The van der Waals surface area contributed by atoms with Gasteiger partial charge in [0.2, 0.25) is 5.91 Å². The Bertz CT molecular complexity index is 725. The van der Waals surface area contributed by atoms with E-state index in [9.17, 15) is 4.79 Å². The van der Waals surface area contributed by atoms with Crippen LogP contribution in [0.4, 0.5) is 0 Å². The molecule has 8 heteroatoms. The summed E-state index contributed by atoms with van der Waals surface area (Å²) >= 11 is 0. The van der Waals surface area contributed by atoms with Crippen molar-refractivity contribution in [3.63, 3.8) is 0 Å². The average Bonchev–Trinajstić information content (AvgIpc) is 3.25. The molecule has 166 valence electrons. The Balaban J connectivity index is 1.43. The number of carbonyl (C=O) groups excluding carboxylic acids is 1. The molecule has 0 radical (unpaired) electrons. The smallest absolute Gasteiger partial charge is 0.219 e. The lowest BCUT2D eigenvalue weighted by molar-refractivity contribution is -0.130. The third-order valence-corrected chi connectivity index (χ3v) is 5.61. The van der Waals surface area contributed by atoms with Gasteiger partial charge in [0.15, 0.2) is 5.96 Å². The zero-order valence-electron chi connectivity index (χ0n) is 18.4. The maximum atomic E-state index is 11.4. The van der Waals surface area contributed by atoms with E-state index in [1.807, 2.05) is 4.90 Å². The van der Waals surface area contributed by atoms with Gasteiger partial charge in [-0.1, -0.05) is 12.1 Å². The summed E-state index contributed by atoms with van der Waals surface area (Å²) in [4.78, 5) is 20.0. The molecule has 1 aromatic rings. The summed E-state index contributed by atoms with van der Waals surface area (Å²) in [6.07, 6.45) is 1.07. The fourth-order valence-corrected chi connectivity index (χ4v) is 3.72. The molecule has 0 bridgehead atoms. The zero-order chi connectivity index (χ0) is 21.3. The van der Waals surface area contributed by atoms with Crippen LogP contribution in [0.2, 0.25) is 0 Å². The van der Waals surface area contributed by atoms with Crippen LogP contribution in [0.1, 0.15) is 24.5 Å². The number of nitrogens with one attached hydrogen (secondary N) is 2. The minimum atomic E-state index is 0.131. The van der Waals surface area contributed by atoms with E-state index in [1.165, 1.54) is 5.56 Å². The molecule has 0 aromatic heterocycles. The fourth-order valence-electron chi connectivity index (χ4n) is 3.72. The first-order valence-electron chi connectivity index (χ1n) is 10.8. The molecule has 0 saturated carbocycles. The number of hydrogen-bond acceptors (Lipinski definition) is 5. The monoisotopic (exact) mass is 417 g/mol. The Morgan fingerprint density at radius 3 is 2.73 bits per heavy atom. The summed E-state index contributed by atoms with van der Waals surface area (Å²) in [6, 6.07) is 6.30. The van der Waals surface area contributed by atoms with Crippen LogP contribution in [0.5, 0.6) is 5.75 Å². The van der Waals surface area contributed by atoms with E-state index < -0.39 is 0 Å². The van der Waals surface area contributed by atoms with Crippen LogP contribution in [0.25, 0.3) is 0 Å². The van der Waals surface area contributed by atoms with Crippen molar-refractivity contribution in [2.45, 2.75) is 32.9 Å². The van der Waals surface area contributed by atoms with Crippen LogP contribution in [0, 0.1) is 6.92 Å². The maximum Gasteiger partial charge on any atom is 0.219 e. The van der Waals surface area contributed by atoms with Gasteiger partial charge in [-0.15, -0.1) is 0 Å². The van der Waals surface area contributed by atoms with E-state index in [1.54, 1.807) is 14.0 Å². The average molecular weight is 418 g/mol. The summed E-state index contributed by atoms with van der Waals surface area (Å²) in [5.74, 6) is 1.85. The molecule has 1 aromatic carbocycles. The van der Waals surface area contributed by atoms with E-state index in [0.29, 0.717) is 13.2 Å². The second-order valence-corrected chi connectivity index (χ2v) is 7.91. The normalized spacial score (nSPS) is 20.3. The van der Waals surface area contributed by atoms with Crippen molar-refractivity contribution >= 4 is 11.9 Å². The highest BCUT2D eigenvalue weighted by Gasteiger charge is 2.19. The zero-order valence-corrected chi connectivity index (χ0v) is 18.4. The van der Waals surface area contributed by atoms with Crippen molar-refractivity contribution < 1.29 is 14.3 Å². The number of hydrogen-bond donors (Lipinski definition) is 2.